The van der Waals surface area contributed by atoms with Crippen LogP contribution in [0.4, 0.5) is 0 Å². The first-order chi connectivity index (χ1) is 8.04. The van der Waals surface area contributed by atoms with Crippen LogP contribution in [0.2, 0.25) is 0 Å². The number of carbonyl (C=O) groups excluding carboxylic acids is 2. The van der Waals surface area contributed by atoms with Gasteiger partial charge in [-0.1, -0.05) is 30.3 Å². The monoisotopic (exact) mass is 231 g/mol. The van der Waals surface area contributed by atoms with Crippen molar-refractivity contribution in [2.45, 2.75) is 13.0 Å². The quantitative estimate of drug-likeness (QED) is 0.841. The highest BCUT2D eigenvalue weighted by molar-refractivity contribution is 6.07. The highest BCUT2D eigenvalue weighted by Gasteiger charge is 2.39. The first kappa shape index (κ1) is 11.4. The van der Waals surface area contributed by atoms with Gasteiger partial charge in [0.15, 0.2) is 11.5 Å². The summed E-state index contributed by atoms with van der Waals surface area (Å²) in [5, 5.41) is 9.70. The third-order valence-corrected chi connectivity index (χ3v) is 2.93. The van der Waals surface area contributed by atoms with Crippen molar-refractivity contribution in [2.24, 2.45) is 0 Å². The lowest BCUT2D eigenvalue weighted by Crippen LogP contribution is -2.26. The van der Waals surface area contributed by atoms with Crippen LogP contribution in [0.5, 0.6) is 0 Å². The molecule has 1 N–H and O–H groups in total. The van der Waals surface area contributed by atoms with Gasteiger partial charge in [-0.3, -0.25) is 9.59 Å². The first-order valence-electron chi connectivity index (χ1n) is 5.30. The Hall–Kier alpha value is -2.10. The van der Waals surface area contributed by atoms with E-state index in [0.29, 0.717) is 0 Å². The third kappa shape index (κ3) is 1.71. The number of hydrogen-bond acceptors (Lipinski definition) is 3. The fraction of sp³-hybridized carbons (Fsp3) is 0.231. The molecule has 0 spiro atoms. The Balaban J connectivity index is 2.53. The first-order valence-corrected chi connectivity index (χ1v) is 5.30. The van der Waals surface area contributed by atoms with Gasteiger partial charge in [0, 0.05) is 7.05 Å². The van der Waals surface area contributed by atoms with Crippen molar-refractivity contribution < 1.29 is 14.7 Å². The molecule has 1 aromatic carbocycles. The van der Waals surface area contributed by atoms with E-state index >= 15 is 0 Å². The second-order valence-corrected chi connectivity index (χ2v) is 4.05. The predicted octanol–water partition coefficient (Wildman–Crippen LogP) is 1.60. The minimum atomic E-state index is -0.510. The second kappa shape index (κ2) is 4.05. The van der Waals surface area contributed by atoms with Gasteiger partial charge in [0.2, 0.25) is 0 Å². The number of carbonyl (C=O) groups is 2. The molecule has 4 nitrogen and oxygen atoms in total. The summed E-state index contributed by atoms with van der Waals surface area (Å²) < 4.78 is 0. The molecular weight excluding hydrogens is 218 g/mol. The Kier molecular flexibility index (Phi) is 2.71. The summed E-state index contributed by atoms with van der Waals surface area (Å²) >= 11 is 0. The number of hydrogen-bond donors (Lipinski definition) is 1. The van der Waals surface area contributed by atoms with Gasteiger partial charge in [-0.15, -0.1) is 0 Å². The van der Waals surface area contributed by atoms with E-state index in [1.807, 2.05) is 30.3 Å². The fourth-order valence-electron chi connectivity index (χ4n) is 2.11. The van der Waals surface area contributed by atoms with Crippen LogP contribution in [0.15, 0.2) is 41.7 Å². The average Bonchev–Trinajstić information content (AvgIpc) is 2.55. The number of amides is 1. The standard InChI is InChI=1S/C13H13NO3/c1-8(15)10-11(9-6-4-3-5-7-9)14(2)13(17)12(10)16/h3-7,11,16H,1-2H3/t11-/m1/s1. The van der Waals surface area contributed by atoms with Gasteiger partial charge in [0.25, 0.3) is 5.91 Å². The molecular formula is C13H13NO3. The molecule has 1 aliphatic heterocycles. The van der Waals surface area contributed by atoms with Gasteiger partial charge >= 0.3 is 0 Å². The molecule has 0 fully saturated rings. The van der Waals surface area contributed by atoms with Gasteiger partial charge in [-0.25, -0.2) is 0 Å². The zero-order valence-corrected chi connectivity index (χ0v) is 9.68. The molecule has 2 rings (SSSR count). The lowest BCUT2D eigenvalue weighted by molar-refractivity contribution is -0.128. The second-order valence-electron chi connectivity index (χ2n) is 4.05. The number of Topliss-reactive ketones (excluding diaryl/α,β-unsaturated/α-hetero) is 1. The van der Waals surface area contributed by atoms with Crippen molar-refractivity contribution in [1.29, 1.82) is 0 Å². The minimum absolute atomic E-state index is 0.170. The van der Waals surface area contributed by atoms with E-state index in [9.17, 15) is 14.7 Å². The van der Waals surface area contributed by atoms with Gasteiger partial charge in [0.1, 0.15) is 0 Å². The fourth-order valence-corrected chi connectivity index (χ4v) is 2.11. The van der Waals surface area contributed by atoms with Gasteiger partial charge < -0.3 is 10.0 Å². The molecule has 0 saturated carbocycles. The molecule has 0 radical (unpaired) electrons. The zero-order valence-electron chi connectivity index (χ0n) is 9.68. The Morgan fingerprint density at radius 1 is 1.29 bits per heavy atom. The molecule has 17 heavy (non-hydrogen) atoms. The number of likely N-dealkylation sites (N-methyl/N-ethyl adjacent to an activating group) is 1. The van der Waals surface area contributed by atoms with Gasteiger partial charge in [-0.05, 0) is 12.5 Å². The number of aliphatic hydroxyl groups excluding tert-OH is 1. The highest BCUT2D eigenvalue weighted by Crippen LogP contribution is 2.35. The molecule has 0 saturated heterocycles. The van der Waals surface area contributed by atoms with Crippen molar-refractivity contribution in [3.8, 4) is 0 Å². The molecule has 88 valence electrons. The van der Waals surface area contributed by atoms with E-state index in [1.54, 1.807) is 7.05 Å². The molecule has 1 aromatic rings. The lowest BCUT2D eigenvalue weighted by atomic mass is 9.97. The number of ketones is 1. The Morgan fingerprint density at radius 3 is 2.41 bits per heavy atom. The summed E-state index contributed by atoms with van der Waals surface area (Å²) in [6.45, 7) is 1.36. The van der Waals surface area contributed by atoms with E-state index in [4.69, 9.17) is 0 Å². The van der Waals surface area contributed by atoms with Crippen LogP contribution in [-0.2, 0) is 9.59 Å². The Morgan fingerprint density at radius 2 is 1.88 bits per heavy atom. The number of rotatable bonds is 2. The Bertz CT molecular complexity index is 505. The average molecular weight is 231 g/mol. The lowest BCUT2D eigenvalue weighted by Gasteiger charge is -2.21. The molecule has 0 aliphatic carbocycles. The molecule has 0 aromatic heterocycles. The normalized spacial score (nSPS) is 20.0. The molecule has 0 unspecified atom stereocenters. The van der Waals surface area contributed by atoms with Crippen molar-refractivity contribution in [2.75, 3.05) is 7.05 Å². The molecule has 1 heterocycles. The SMILES string of the molecule is CC(=O)C1=C(O)C(=O)N(C)[C@@H]1c1ccccc1. The van der Waals surface area contributed by atoms with E-state index in [2.05, 4.69) is 0 Å². The van der Waals surface area contributed by atoms with Gasteiger partial charge in [0.05, 0.1) is 11.6 Å². The smallest absolute Gasteiger partial charge is 0.289 e. The van der Waals surface area contributed by atoms with E-state index in [1.165, 1.54) is 11.8 Å². The third-order valence-electron chi connectivity index (χ3n) is 2.93. The highest BCUT2D eigenvalue weighted by atomic mass is 16.3. The largest absolute Gasteiger partial charge is 0.503 e. The van der Waals surface area contributed by atoms with Gasteiger partial charge in [-0.2, -0.15) is 0 Å². The zero-order chi connectivity index (χ0) is 12.6. The molecule has 1 aliphatic rings. The van der Waals surface area contributed by atoms with Crippen LogP contribution in [0, 0.1) is 0 Å². The van der Waals surface area contributed by atoms with Crippen molar-refractivity contribution in [3.05, 3.63) is 47.2 Å². The van der Waals surface area contributed by atoms with Crippen LogP contribution in [0.25, 0.3) is 0 Å². The summed E-state index contributed by atoms with van der Waals surface area (Å²) in [7, 11) is 1.58. The maximum absolute atomic E-state index is 11.7. The summed E-state index contributed by atoms with van der Waals surface area (Å²) in [5.41, 5.74) is 0.987. The number of benzene rings is 1. The molecule has 1 atom stereocenters. The van der Waals surface area contributed by atoms with E-state index in [0.717, 1.165) is 5.56 Å². The van der Waals surface area contributed by atoms with Crippen molar-refractivity contribution in [3.63, 3.8) is 0 Å². The molecule has 0 bridgehead atoms. The molecule has 1 amide bonds. The summed E-state index contributed by atoms with van der Waals surface area (Å²) in [6.07, 6.45) is 0. The number of aliphatic hydroxyl groups is 1. The van der Waals surface area contributed by atoms with Crippen LogP contribution < -0.4 is 0 Å². The van der Waals surface area contributed by atoms with Crippen LogP contribution in [0.3, 0.4) is 0 Å². The maximum Gasteiger partial charge on any atom is 0.289 e. The molecule has 4 heteroatoms. The Labute approximate surface area is 99.2 Å². The summed E-state index contributed by atoms with van der Waals surface area (Å²) in [6, 6.07) is 8.70. The van der Waals surface area contributed by atoms with E-state index in [-0.39, 0.29) is 11.4 Å². The minimum Gasteiger partial charge on any atom is -0.503 e. The topological polar surface area (TPSA) is 57.6 Å². The summed E-state index contributed by atoms with van der Waals surface area (Å²) in [4.78, 5) is 24.6. The maximum atomic E-state index is 11.7. The van der Waals surface area contributed by atoms with Crippen LogP contribution in [-0.4, -0.2) is 28.7 Å². The van der Waals surface area contributed by atoms with Crippen LogP contribution >= 0.6 is 0 Å². The van der Waals surface area contributed by atoms with Crippen molar-refractivity contribution >= 4 is 11.7 Å². The number of nitrogens with zero attached hydrogens (tertiary/aromatic N) is 1. The summed E-state index contributed by atoms with van der Waals surface area (Å²) in [5.74, 6) is -1.23. The van der Waals surface area contributed by atoms with E-state index < -0.39 is 17.7 Å². The van der Waals surface area contributed by atoms with Crippen LogP contribution in [0.1, 0.15) is 18.5 Å². The van der Waals surface area contributed by atoms with Crippen molar-refractivity contribution in [1.82, 2.24) is 4.90 Å². The predicted molar refractivity (Wildman–Crippen MR) is 62.3 cm³/mol.